The van der Waals surface area contributed by atoms with Gasteiger partial charge in [-0.1, -0.05) is 0 Å². The number of nitrogens with zero attached hydrogens (tertiary/aromatic N) is 1. The Hall–Kier alpha value is -1.36. The summed E-state index contributed by atoms with van der Waals surface area (Å²) in [5, 5.41) is 10.6. The van der Waals surface area contributed by atoms with Crippen molar-refractivity contribution in [2.24, 2.45) is 0 Å². The molecule has 0 saturated carbocycles. The third-order valence-electron chi connectivity index (χ3n) is 1.84. The molecule has 19 heavy (non-hydrogen) atoms. The van der Waals surface area contributed by atoms with Gasteiger partial charge >= 0.3 is 12.0 Å². The molecule has 0 unspecified atom stereocenters. The van der Waals surface area contributed by atoms with Crippen molar-refractivity contribution in [1.29, 1.82) is 0 Å². The van der Waals surface area contributed by atoms with Crippen LogP contribution in [0.1, 0.15) is 0 Å². The number of benzene rings is 1. The van der Waals surface area contributed by atoms with Crippen LogP contribution in [0.2, 0.25) is 0 Å². The molecule has 11 heteroatoms. The van der Waals surface area contributed by atoms with Gasteiger partial charge in [0.15, 0.2) is 9.84 Å². The monoisotopic (exact) mass is 363 g/mol. The molecule has 0 saturated heterocycles. The minimum absolute atomic E-state index is 0.264. The van der Waals surface area contributed by atoms with Gasteiger partial charge in [-0.05, 0) is 15.9 Å². The van der Waals surface area contributed by atoms with Gasteiger partial charge in [0.2, 0.25) is 5.75 Å². The first kappa shape index (κ1) is 15.7. The molecule has 0 spiro atoms. The standard InChI is InChI=1S/C8H5BrF3NO5S/c1-19(16,17)7-3-5(13(14)15)6(2-4(7)9)18-8(10,11)12/h2-3H,1H3. The summed E-state index contributed by atoms with van der Waals surface area (Å²) in [6.45, 7) is 0. The fourth-order valence-electron chi connectivity index (χ4n) is 1.16. The van der Waals surface area contributed by atoms with E-state index in [2.05, 4.69) is 20.7 Å². The summed E-state index contributed by atoms with van der Waals surface area (Å²) in [5.74, 6) is -1.10. The van der Waals surface area contributed by atoms with E-state index in [0.29, 0.717) is 12.1 Å². The highest BCUT2D eigenvalue weighted by Crippen LogP contribution is 2.38. The van der Waals surface area contributed by atoms with E-state index in [-0.39, 0.29) is 4.47 Å². The fraction of sp³-hybridized carbons (Fsp3) is 0.250. The van der Waals surface area contributed by atoms with Crippen molar-refractivity contribution >= 4 is 31.5 Å². The van der Waals surface area contributed by atoms with Crippen LogP contribution in [0.3, 0.4) is 0 Å². The van der Waals surface area contributed by atoms with Gasteiger partial charge in [-0.3, -0.25) is 10.1 Å². The minimum Gasteiger partial charge on any atom is -0.398 e. The first-order valence-corrected chi connectivity index (χ1v) is 7.04. The topological polar surface area (TPSA) is 86.5 Å². The number of rotatable bonds is 3. The number of hydrogen-bond donors (Lipinski definition) is 0. The summed E-state index contributed by atoms with van der Waals surface area (Å²) < 4.78 is 62.0. The van der Waals surface area contributed by atoms with E-state index in [9.17, 15) is 31.7 Å². The summed E-state index contributed by atoms with van der Waals surface area (Å²) in [5.41, 5.74) is -1.10. The van der Waals surface area contributed by atoms with Crippen LogP contribution in [0.25, 0.3) is 0 Å². The maximum absolute atomic E-state index is 12.1. The van der Waals surface area contributed by atoms with Gasteiger partial charge in [-0.25, -0.2) is 8.42 Å². The molecule has 0 amide bonds. The van der Waals surface area contributed by atoms with Crippen LogP contribution in [0.15, 0.2) is 21.5 Å². The second-order valence-corrected chi connectivity index (χ2v) is 6.17. The van der Waals surface area contributed by atoms with Gasteiger partial charge in [0.1, 0.15) is 0 Å². The molecule has 1 aromatic carbocycles. The van der Waals surface area contributed by atoms with Crippen LogP contribution in [0, 0.1) is 10.1 Å². The van der Waals surface area contributed by atoms with Crippen LogP contribution in [0.4, 0.5) is 18.9 Å². The zero-order valence-corrected chi connectivity index (χ0v) is 11.5. The van der Waals surface area contributed by atoms with E-state index >= 15 is 0 Å². The first-order chi connectivity index (χ1) is 8.42. The highest BCUT2D eigenvalue weighted by Gasteiger charge is 2.35. The Kier molecular flexibility index (Phi) is 4.10. The number of hydrogen-bond acceptors (Lipinski definition) is 5. The van der Waals surface area contributed by atoms with Crippen molar-refractivity contribution in [3.8, 4) is 5.75 Å². The third kappa shape index (κ3) is 4.06. The summed E-state index contributed by atoms with van der Waals surface area (Å²) in [7, 11) is -3.84. The average molecular weight is 364 g/mol. The number of halogens is 4. The Morgan fingerprint density at radius 3 is 2.26 bits per heavy atom. The Bertz CT molecular complexity index is 628. The van der Waals surface area contributed by atoms with E-state index in [1.807, 2.05) is 0 Å². The Balaban J connectivity index is 3.51. The van der Waals surface area contributed by atoms with Crippen LogP contribution >= 0.6 is 15.9 Å². The van der Waals surface area contributed by atoms with Gasteiger partial charge in [-0.15, -0.1) is 13.2 Å². The van der Waals surface area contributed by atoms with E-state index in [1.165, 1.54) is 0 Å². The molecule has 1 rings (SSSR count). The fourth-order valence-corrected chi connectivity index (χ4v) is 3.10. The first-order valence-electron chi connectivity index (χ1n) is 4.35. The molecule has 0 aliphatic heterocycles. The van der Waals surface area contributed by atoms with Crippen molar-refractivity contribution in [1.82, 2.24) is 0 Å². The van der Waals surface area contributed by atoms with E-state index in [0.717, 1.165) is 6.26 Å². The van der Waals surface area contributed by atoms with Crippen molar-refractivity contribution in [2.75, 3.05) is 6.26 Å². The lowest BCUT2D eigenvalue weighted by Gasteiger charge is -2.11. The maximum Gasteiger partial charge on any atom is 0.573 e. The number of nitro benzene ring substituents is 1. The van der Waals surface area contributed by atoms with Crippen LogP contribution in [0.5, 0.6) is 5.75 Å². The molecule has 0 aliphatic carbocycles. The van der Waals surface area contributed by atoms with Gasteiger partial charge in [0, 0.05) is 22.9 Å². The van der Waals surface area contributed by atoms with Crippen molar-refractivity contribution < 1.29 is 31.2 Å². The highest BCUT2D eigenvalue weighted by atomic mass is 79.9. The van der Waals surface area contributed by atoms with Crippen molar-refractivity contribution in [3.05, 3.63) is 26.7 Å². The normalized spacial score (nSPS) is 12.3. The van der Waals surface area contributed by atoms with Crippen LogP contribution in [-0.4, -0.2) is 26.0 Å². The molecule has 0 fully saturated rings. The maximum atomic E-state index is 12.1. The molecular weight excluding hydrogens is 359 g/mol. The zero-order valence-electron chi connectivity index (χ0n) is 9.06. The van der Waals surface area contributed by atoms with Crippen LogP contribution < -0.4 is 4.74 Å². The molecule has 0 N–H and O–H groups in total. The largest absolute Gasteiger partial charge is 0.573 e. The highest BCUT2D eigenvalue weighted by molar-refractivity contribution is 9.10. The summed E-state index contributed by atoms with van der Waals surface area (Å²) in [6, 6.07) is 1.09. The molecule has 0 aromatic heterocycles. The Morgan fingerprint density at radius 2 is 1.89 bits per heavy atom. The lowest BCUT2D eigenvalue weighted by Crippen LogP contribution is -2.18. The summed E-state index contributed by atoms with van der Waals surface area (Å²) in [4.78, 5) is 8.98. The lowest BCUT2D eigenvalue weighted by atomic mass is 10.3. The molecule has 0 radical (unpaired) electrons. The van der Waals surface area contributed by atoms with Crippen molar-refractivity contribution in [3.63, 3.8) is 0 Å². The minimum atomic E-state index is -5.13. The Morgan fingerprint density at radius 1 is 1.37 bits per heavy atom. The van der Waals surface area contributed by atoms with E-state index in [1.54, 1.807) is 0 Å². The van der Waals surface area contributed by atoms with E-state index < -0.39 is 37.5 Å². The predicted octanol–water partition coefficient (Wildman–Crippen LogP) is 2.66. The SMILES string of the molecule is CS(=O)(=O)c1cc([N+](=O)[O-])c(OC(F)(F)F)cc1Br. The summed E-state index contributed by atoms with van der Waals surface area (Å²) in [6.07, 6.45) is -4.36. The number of alkyl halides is 3. The number of sulfone groups is 1. The van der Waals surface area contributed by atoms with E-state index in [4.69, 9.17) is 0 Å². The molecule has 1 aromatic rings. The van der Waals surface area contributed by atoms with Crippen molar-refractivity contribution in [2.45, 2.75) is 11.3 Å². The smallest absolute Gasteiger partial charge is 0.398 e. The third-order valence-corrected chi connectivity index (χ3v) is 3.89. The predicted molar refractivity (Wildman–Crippen MR) is 60.6 cm³/mol. The molecule has 0 atom stereocenters. The second-order valence-electron chi connectivity index (χ2n) is 3.33. The van der Waals surface area contributed by atoms with Gasteiger partial charge in [0.25, 0.3) is 0 Å². The number of ether oxygens (including phenoxy) is 1. The molecule has 0 aliphatic rings. The van der Waals surface area contributed by atoms with Gasteiger partial charge in [0.05, 0.1) is 9.82 Å². The summed E-state index contributed by atoms with van der Waals surface area (Å²) >= 11 is 2.72. The molecule has 0 heterocycles. The molecule has 6 nitrogen and oxygen atoms in total. The molecular formula is C8H5BrF3NO5S. The lowest BCUT2D eigenvalue weighted by molar-refractivity contribution is -0.388. The Labute approximate surface area is 113 Å². The molecule has 0 bridgehead atoms. The molecule has 106 valence electrons. The van der Waals surface area contributed by atoms with Gasteiger partial charge in [-0.2, -0.15) is 0 Å². The van der Waals surface area contributed by atoms with Gasteiger partial charge < -0.3 is 4.74 Å². The quantitative estimate of drug-likeness (QED) is 0.608. The second kappa shape index (κ2) is 4.96. The number of nitro groups is 1. The average Bonchev–Trinajstić information content (AvgIpc) is 2.11. The van der Waals surface area contributed by atoms with Crippen LogP contribution in [-0.2, 0) is 9.84 Å². The zero-order chi connectivity index (χ0) is 15.0.